The Morgan fingerprint density at radius 3 is 2.43 bits per heavy atom. The number of nitrogens with zero attached hydrogens (tertiary/aromatic N) is 6. The van der Waals surface area contributed by atoms with Crippen molar-refractivity contribution in [3.8, 4) is 16.8 Å². The molecule has 1 amide bonds. The number of halogens is 1. The number of hydrogen-bond acceptors (Lipinski definition) is 5. The van der Waals surface area contributed by atoms with Gasteiger partial charge in [0, 0.05) is 22.6 Å². The lowest BCUT2D eigenvalue weighted by atomic mass is 10.1. The van der Waals surface area contributed by atoms with Crippen LogP contribution in [0.25, 0.3) is 16.8 Å². The Labute approximate surface area is 169 Å². The van der Waals surface area contributed by atoms with Crippen LogP contribution in [0, 0.1) is 6.92 Å². The van der Waals surface area contributed by atoms with Gasteiger partial charge >= 0.3 is 0 Å². The van der Waals surface area contributed by atoms with Crippen molar-refractivity contribution in [2.45, 2.75) is 6.92 Å². The summed E-state index contributed by atoms with van der Waals surface area (Å²) in [6.07, 6.45) is 1.50. The second-order valence-electron chi connectivity index (χ2n) is 6.19. The van der Waals surface area contributed by atoms with Gasteiger partial charge < -0.3 is 5.32 Å². The summed E-state index contributed by atoms with van der Waals surface area (Å²) >= 11 is 3.45. The first-order valence-electron chi connectivity index (χ1n) is 8.47. The number of rotatable bonds is 4. The molecule has 28 heavy (non-hydrogen) atoms. The fraction of sp³-hybridized carbons (Fsp3) is 0.105. The van der Waals surface area contributed by atoms with E-state index in [1.54, 1.807) is 28.9 Å². The fourth-order valence-electron chi connectivity index (χ4n) is 2.99. The highest BCUT2D eigenvalue weighted by Gasteiger charge is 2.18. The molecular formula is C19H16BrN7O. The van der Waals surface area contributed by atoms with Gasteiger partial charge in [-0.05, 0) is 59.3 Å². The Balaban J connectivity index is 1.62. The quantitative estimate of drug-likeness (QED) is 0.528. The smallest absolute Gasteiger partial charge is 0.256 e. The Morgan fingerprint density at radius 2 is 1.79 bits per heavy atom. The van der Waals surface area contributed by atoms with Gasteiger partial charge in [0.25, 0.3) is 5.91 Å². The molecule has 0 atom stereocenters. The number of hydrogen-bond donors (Lipinski definition) is 1. The first-order chi connectivity index (χ1) is 13.5. The molecule has 9 heteroatoms. The Bertz CT molecular complexity index is 1120. The highest BCUT2D eigenvalue weighted by atomic mass is 79.9. The molecule has 0 spiro atoms. The van der Waals surface area contributed by atoms with Crippen LogP contribution in [-0.4, -0.2) is 35.9 Å². The molecule has 0 aliphatic rings. The van der Waals surface area contributed by atoms with Crippen LogP contribution in [0.1, 0.15) is 16.1 Å². The molecule has 4 rings (SSSR count). The minimum absolute atomic E-state index is 0.218. The third-order valence-electron chi connectivity index (χ3n) is 4.33. The summed E-state index contributed by atoms with van der Waals surface area (Å²) in [5, 5.41) is 18.5. The fourth-order valence-corrected chi connectivity index (χ4v) is 3.25. The molecule has 2 aromatic carbocycles. The van der Waals surface area contributed by atoms with Crippen LogP contribution in [0.15, 0.2) is 59.3 Å². The molecule has 1 N–H and O–H groups in total. The minimum Gasteiger partial charge on any atom is -0.306 e. The van der Waals surface area contributed by atoms with E-state index in [4.69, 9.17) is 0 Å². The van der Waals surface area contributed by atoms with E-state index in [1.165, 1.54) is 11.0 Å². The van der Waals surface area contributed by atoms with Gasteiger partial charge in [-0.15, -0.1) is 5.10 Å². The maximum Gasteiger partial charge on any atom is 0.256 e. The van der Waals surface area contributed by atoms with Crippen LogP contribution in [0.4, 0.5) is 5.82 Å². The molecule has 140 valence electrons. The second-order valence-corrected chi connectivity index (χ2v) is 7.11. The van der Waals surface area contributed by atoms with E-state index in [-0.39, 0.29) is 5.91 Å². The Morgan fingerprint density at radius 1 is 1.07 bits per heavy atom. The summed E-state index contributed by atoms with van der Waals surface area (Å²) in [5.41, 5.74) is 4.02. The van der Waals surface area contributed by atoms with Crippen molar-refractivity contribution in [2.75, 3.05) is 5.32 Å². The van der Waals surface area contributed by atoms with E-state index < -0.39 is 0 Å². The van der Waals surface area contributed by atoms with Crippen LogP contribution in [-0.2, 0) is 7.05 Å². The van der Waals surface area contributed by atoms with E-state index in [0.717, 1.165) is 27.0 Å². The van der Waals surface area contributed by atoms with Gasteiger partial charge in [-0.1, -0.05) is 28.1 Å². The molecule has 4 aromatic rings. The lowest BCUT2D eigenvalue weighted by molar-refractivity contribution is 0.102. The number of amides is 1. The van der Waals surface area contributed by atoms with E-state index >= 15 is 0 Å². The summed E-state index contributed by atoms with van der Waals surface area (Å²) in [6, 6.07) is 14.9. The average Bonchev–Trinajstić information content (AvgIpc) is 3.32. The normalized spacial score (nSPS) is 10.8. The molecule has 8 nitrogen and oxygen atoms in total. The van der Waals surface area contributed by atoms with Crippen LogP contribution in [0.2, 0.25) is 0 Å². The van der Waals surface area contributed by atoms with Gasteiger partial charge in [-0.2, -0.15) is 5.10 Å². The number of carbonyl (C=O) groups is 1. The molecule has 2 aromatic heterocycles. The number of benzene rings is 2. The topological polar surface area (TPSA) is 90.5 Å². The zero-order valence-corrected chi connectivity index (χ0v) is 16.8. The first-order valence-corrected chi connectivity index (χ1v) is 9.26. The van der Waals surface area contributed by atoms with Crippen molar-refractivity contribution in [3.05, 3.63) is 70.6 Å². The summed E-state index contributed by atoms with van der Waals surface area (Å²) in [6.45, 7) is 1.92. The number of nitrogens with one attached hydrogen (secondary N) is 1. The van der Waals surface area contributed by atoms with Crippen molar-refractivity contribution in [2.24, 2.45) is 7.05 Å². The minimum atomic E-state index is -0.218. The highest BCUT2D eigenvalue weighted by molar-refractivity contribution is 9.10. The summed E-state index contributed by atoms with van der Waals surface area (Å²) in [5.74, 6) is 0.430. The van der Waals surface area contributed by atoms with Crippen LogP contribution in [0.3, 0.4) is 0 Å². The van der Waals surface area contributed by atoms with Crippen LogP contribution < -0.4 is 5.32 Å². The van der Waals surface area contributed by atoms with E-state index in [2.05, 4.69) is 41.9 Å². The number of tetrazole rings is 1. The number of anilines is 1. The average molecular weight is 438 g/mol. The summed E-state index contributed by atoms with van der Waals surface area (Å²) in [7, 11) is 1.81. The zero-order valence-electron chi connectivity index (χ0n) is 15.2. The van der Waals surface area contributed by atoms with Crippen molar-refractivity contribution in [3.63, 3.8) is 0 Å². The summed E-state index contributed by atoms with van der Waals surface area (Å²) < 4.78 is 4.20. The van der Waals surface area contributed by atoms with Gasteiger partial charge in [-0.25, -0.2) is 4.68 Å². The molecule has 0 saturated heterocycles. The molecular weight excluding hydrogens is 422 g/mol. The third kappa shape index (κ3) is 3.44. The lowest BCUT2D eigenvalue weighted by Crippen LogP contribution is -2.15. The van der Waals surface area contributed by atoms with Gasteiger partial charge in [-0.3, -0.25) is 9.48 Å². The van der Waals surface area contributed by atoms with Crippen molar-refractivity contribution in [1.82, 2.24) is 30.0 Å². The predicted octanol–water partition coefficient (Wildman–Crippen LogP) is 3.39. The maximum absolute atomic E-state index is 12.8. The molecule has 0 radical (unpaired) electrons. The van der Waals surface area contributed by atoms with Crippen molar-refractivity contribution in [1.29, 1.82) is 0 Å². The molecule has 0 bridgehead atoms. The predicted molar refractivity (Wildman–Crippen MR) is 108 cm³/mol. The number of carbonyl (C=O) groups excluding carboxylic acids is 1. The van der Waals surface area contributed by atoms with Gasteiger partial charge in [0.1, 0.15) is 12.1 Å². The van der Waals surface area contributed by atoms with E-state index in [1.807, 2.05) is 38.2 Å². The SMILES string of the molecule is Cc1nn(C)c(NC(=O)c2ccc(-n3cnnn3)cc2)c1-c1ccc(Br)cc1. The van der Waals surface area contributed by atoms with Crippen molar-refractivity contribution >= 4 is 27.7 Å². The number of aryl methyl sites for hydroxylation is 2. The monoisotopic (exact) mass is 437 g/mol. The van der Waals surface area contributed by atoms with E-state index in [9.17, 15) is 4.79 Å². The maximum atomic E-state index is 12.8. The lowest BCUT2D eigenvalue weighted by Gasteiger charge is -2.10. The largest absolute Gasteiger partial charge is 0.306 e. The number of aromatic nitrogens is 6. The summed E-state index contributed by atoms with van der Waals surface area (Å²) in [4.78, 5) is 12.8. The van der Waals surface area contributed by atoms with Crippen LogP contribution in [0.5, 0.6) is 0 Å². The molecule has 2 heterocycles. The third-order valence-corrected chi connectivity index (χ3v) is 4.86. The standard InChI is InChI=1S/C19H16BrN7O/c1-12-17(13-3-7-15(20)8-4-13)18(26(2)23-12)22-19(28)14-5-9-16(10-6-14)27-11-21-24-25-27/h3-11H,1-2H3,(H,22,28). The molecule has 0 aliphatic carbocycles. The molecule has 0 unspecified atom stereocenters. The molecule has 0 fully saturated rings. The molecule has 0 aliphatic heterocycles. The van der Waals surface area contributed by atoms with E-state index in [0.29, 0.717) is 11.4 Å². The molecule has 0 saturated carbocycles. The Hall–Kier alpha value is -3.33. The zero-order chi connectivity index (χ0) is 19.7. The van der Waals surface area contributed by atoms with Gasteiger partial charge in [0.05, 0.1) is 11.4 Å². The second kappa shape index (κ2) is 7.35. The Kier molecular flexibility index (Phi) is 4.74. The highest BCUT2D eigenvalue weighted by Crippen LogP contribution is 2.32. The first kappa shape index (κ1) is 18.1. The van der Waals surface area contributed by atoms with Crippen molar-refractivity contribution < 1.29 is 4.79 Å². The van der Waals surface area contributed by atoms with Crippen LogP contribution >= 0.6 is 15.9 Å². The van der Waals surface area contributed by atoms with Gasteiger partial charge in [0.15, 0.2) is 0 Å². The van der Waals surface area contributed by atoms with Gasteiger partial charge in [0.2, 0.25) is 0 Å².